The van der Waals surface area contributed by atoms with Crippen LogP contribution in [0.25, 0.3) is 0 Å². The third-order valence-corrected chi connectivity index (χ3v) is 3.83. The highest BCUT2D eigenvalue weighted by atomic mass is 35.5. The lowest BCUT2D eigenvalue weighted by atomic mass is 10.1. The first-order chi connectivity index (χ1) is 10.6. The summed E-state index contributed by atoms with van der Waals surface area (Å²) < 4.78 is 19.0. The van der Waals surface area contributed by atoms with E-state index in [1.54, 1.807) is 0 Å². The van der Waals surface area contributed by atoms with E-state index >= 15 is 0 Å². The van der Waals surface area contributed by atoms with E-state index in [2.05, 4.69) is 16.2 Å². The number of carbonyl (C=O) groups excluding carboxylic acids is 1. The van der Waals surface area contributed by atoms with Gasteiger partial charge >= 0.3 is 0 Å². The molecule has 3 N–H and O–H groups in total. The molecule has 0 aliphatic carbocycles. The van der Waals surface area contributed by atoms with Crippen molar-refractivity contribution >= 4 is 34.8 Å². The lowest BCUT2D eigenvalue weighted by molar-refractivity contribution is -0.121. The Morgan fingerprint density at radius 3 is 2.95 bits per heavy atom. The molecule has 8 heteroatoms. The van der Waals surface area contributed by atoms with Crippen molar-refractivity contribution in [3.8, 4) is 0 Å². The number of rotatable bonds is 4. The Morgan fingerprint density at radius 1 is 1.45 bits per heavy atom. The summed E-state index contributed by atoms with van der Waals surface area (Å²) in [5, 5.41) is 3.44. The van der Waals surface area contributed by atoms with Crippen LogP contribution >= 0.6 is 23.8 Å². The molecule has 0 aromatic heterocycles. The van der Waals surface area contributed by atoms with Crippen LogP contribution in [-0.2, 0) is 16.0 Å². The molecule has 1 saturated heterocycles. The molecule has 0 bridgehead atoms. The number of hydrazine groups is 1. The van der Waals surface area contributed by atoms with E-state index in [1.165, 1.54) is 18.2 Å². The minimum atomic E-state index is -0.512. The molecule has 1 atom stereocenters. The maximum Gasteiger partial charge on any atom is 0.242 e. The predicted octanol–water partition coefficient (Wildman–Crippen LogP) is 1.70. The molecule has 1 heterocycles. The van der Waals surface area contributed by atoms with Gasteiger partial charge in [-0.15, -0.1) is 0 Å². The van der Waals surface area contributed by atoms with Gasteiger partial charge in [0.05, 0.1) is 12.5 Å². The second kappa shape index (κ2) is 8.26. The van der Waals surface area contributed by atoms with Crippen molar-refractivity contribution in [2.45, 2.75) is 25.4 Å². The molecule has 1 aliphatic heterocycles. The molecule has 0 saturated carbocycles. The summed E-state index contributed by atoms with van der Waals surface area (Å²) in [4.78, 5) is 11.8. The Hall–Kier alpha value is -1.44. The van der Waals surface area contributed by atoms with Crippen LogP contribution in [0.5, 0.6) is 0 Å². The van der Waals surface area contributed by atoms with Gasteiger partial charge in [-0.25, -0.2) is 4.39 Å². The molecule has 22 heavy (non-hydrogen) atoms. The first-order valence-corrected chi connectivity index (χ1v) is 7.72. The van der Waals surface area contributed by atoms with Gasteiger partial charge in [0, 0.05) is 23.7 Å². The van der Waals surface area contributed by atoms with Crippen LogP contribution in [0.3, 0.4) is 0 Å². The molecule has 0 radical (unpaired) electrons. The van der Waals surface area contributed by atoms with Crippen molar-refractivity contribution in [2.75, 3.05) is 13.2 Å². The SMILES string of the molecule is O=C(Cc1c(F)cccc1Cl)NNC(=S)NCC1CCCO1. The first-order valence-electron chi connectivity index (χ1n) is 6.93. The Balaban J connectivity index is 1.71. The van der Waals surface area contributed by atoms with Crippen molar-refractivity contribution in [2.24, 2.45) is 0 Å². The quantitative estimate of drug-likeness (QED) is 0.572. The summed E-state index contributed by atoms with van der Waals surface area (Å²) in [6, 6.07) is 4.28. The lowest BCUT2D eigenvalue weighted by Crippen LogP contribution is -2.48. The van der Waals surface area contributed by atoms with Crippen LogP contribution in [0.15, 0.2) is 18.2 Å². The fraction of sp³-hybridized carbons (Fsp3) is 0.429. The number of benzene rings is 1. The molecule has 2 rings (SSSR count). The summed E-state index contributed by atoms with van der Waals surface area (Å²) >= 11 is 10.9. The van der Waals surface area contributed by atoms with Gasteiger partial charge in [0.1, 0.15) is 5.82 Å². The van der Waals surface area contributed by atoms with E-state index in [4.69, 9.17) is 28.6 Å². The van der Waals surface area contributed by atoms with Crippen LogP contribution in [-0.4, -0.2) is 30.3 Å². The summed E-state index contributed by atoms with van der Waals surface area (Å²) in [6.45, 7) is 1.35. The standard InChI is InChI=1S/C14H17ClFN3O2S/c15-11-4-1-5-12(16)10(11)7-13(20)18-19-14(22)17-8-9-3-2-6-21-9/h1,4-5,9H,2-3,6-8H2,(H,18,20)(H2,17,19,22). The fourth-order valence-corrected chi connectivity index (χ4v) is 2.45. The average Bonchev–Trinajstić information content (AvgIpc) is 3.00. The number of thiocarbonyl (C=S) groups is 1. The van der Waals surface area contributed by atoms with E-state index in [0.717, 1.165) is 19.4 Å². The summed E-state index contributed by atoms with van der Waals surface area (Å²) in [5.41, 5.74) is 5.12. The van der Waals surface area contributed by atoms with E-state index < -0.39 is 11.7 Å². The zero-order chi connectivity index (χ0) is 15.9. The number of carbonyl (C=O) groups is 1. The topological polar surface area (TPSA) is 62.4 Å². The van der Waals surface area contributed by atoms with Gasteiger partial charge < -0.3 is 10.1 Å². The number of hydrogen-bond donors (Lipinski definition) is 3. The molecule has 1 aromatic carbocycles. The molecule has 5 nitrogen and oxygen atoms in total. The molecule has 1 unspecified atom stereocenters. The first kappa shape index (κ1) is 16.9. The van der Waals surface area contributed by atoms with Crippen LogP contribution in [0, 0.1) is 5.82 Å². The minimum absolute atomic E-state index is 0.146. The van der Waals surface area contributed by atoms with Crippen molar-refractivity contribution < 1.29 is 13.9 Å². The van der Waals surface area contributed by atoms with Gasteiger partial charge in [-0.2, -0.15) is 0 Å². The van der Waals surface area contributed by atoms with Gasteiger partial charge in [0.25, 0.3) is 0 Å². The highest BCUT2D eigenvalue weighted by Gasteiger charge is 2.15. The van der Waals surface area contributed by atoms with Crippen molar-refractivity contribution in [3.63, 3.8) is 0 Å². The molecule has 120 valence electrons. The van der Waals surface area contributed by atoms with E-state index in [0.29, 0.717) is 6.54 Å². The largest absolute Gasteiger partial charge is 0.376 e. The summed E-state index contributed by atoms with van der Waals surface area (Å²) in [7, 11) is 0. The number of nitrogens with one attached hydrogen (secondary N) is 3. The Morgan fingerprint density at radius 2 is 2.27 bits per heavy atom. The van der Waals surface area contributed by atoms with Gasteiger partial charge in [-0.3, -0.25) is 15.6 Å². The van der Waals surface area contributed by atoms with Gasteiger partial charge in [0.2, 0.25) is 5.91 Å². The number of hydrogen-bond acceptors (Lipinski definition) is 3. The number of amides is 1. The van der Waals surface area contributed by atoms with Crippen LogP contribution in [0.1, 0.15) is 18.4 Å². The summed E-state index contributed by atoms with van der Waals surface area (Å²) in [6.07, 6.45) is 2.01. The minimum Gasteiger partial charge on any atom is -0.376 e. The molecule has 1 amide bonds. The zero-order valence-electron chi connectivity index (χ0n) is 11.8. The molecule has 1 aliphatic rings. The molecule has 1 aromatic rings. The fourth-order valence-electron chi connectivity index (χ4n) is 2.09. The monoisotopic (exact) mass is 345 g/mol. The second-order valence-corrected chi connectivity index (χ2v) is 5.71. The van der Waals surface area contributed by atoms with Crippen LogP contribution < -0.4 is 16.2 Å². The van der Waals surface area contributed by atoms with Gasteiger partial charge in [-0.1, -0.05) is 17.7 Å². The molecule has 0 spiro atoms. The molecular formula is C14H17ClFN3O2S. The summed E-state index contributed by atoms with van der Waals surface area (Å²) in [5.74, 6) is -0.949. The predicted molar refractivity (Wildman–Crippen MR) is 86.0 cm³/mol. The van der Waals surface area contributed by atoms with Crippen molar-refractivity contribution in [1.82, 2.24) is 16.2 Å². The molecule has 1 fully saturated rings. The van der Waals surface area contributed by atoms with E-state index in [-0.39, 0.29) is 28.2 Å². The third kappa shape index (κ3) is 5.08. The number of halogens is 2. The second-order valence-electron chi connectivity index (χ2n) is 4.90. The maximum atomic E-state index is 13.6. The van der Waals surface area contributed by atoms with E-state index in [1.807, 2.05) is 0 Å². The van der Waals surface area contributed by atoms with Crippen molar-refractivity contribution in [1.29, 1.82) is 0 Å². The van der Waals surface area contributed by atoms with Crippen LogP contribution in [0.2, 0.25) is 5.02 Å². The molecular weight excluding hydrogens is 329 g/mol. The van der Waals surface area contributed by atoms with Crippen molar-refractivity contribution in [3.05, 3.63) is 34.6 Å². The Labute approximate surface area is 138 Å². The third-order valence-electron chi connectivity index (χ3n) is 3.23. The van der Waals surface area contributed by atoms with E-state index in [9.17, 15) is 9.18 Å². The smallest absolute Gasteiger partial charge is 0.242 e. The Kier molecular flexibility index (Phi) is 6.35. The highest BCUT2D eigenvalue weighted by Crippen LogP contribution is 2.19. The lowest BCUT2D eigenvalue weighted by Gasteiger charge is -2.14. The highest BCUT2D eigenvalue weighted by molar-refractivity contribution is 7.80. The average molecular weight is 346 g/mol. The van der Waals surface area contributed by atoms with Gasteiger partial charge in [0.15, 0.2) is 5.11 Å². The Bertz CT molecular complexity index is 533. The normalized spacial score (nSPS) is 17.1. The maximum absolute atomic E-state index is 13.6. The van der Waals surface area contributed by atoms with Crippen LogP contribution in [0.4, 0.5) is 4.39 Å². The van der Waals surface area contributed by atoms with Gasteiger partial charge in [-0.05, 0) is 37.2 Å². The number of ether oxygens (including phenoxy) is 1. The zero-order valence-corrected chi connectivity index (χ0v) is 13.4.